The van der Waals surface area contributed by atoms with E-state index in [1.165, 1.54) is 11.6 Å². The molecule has 2 aromatic heterocycles. The third-order valence-corrected chi connectivity index (χ3v) is 3.44. The highest BCUT2D eigenvalue weighted by atomic mass is 79.9. The predicted molar refractivity (Wildman–Crippen MR) is 73.2 cm³/mol. The van der Waals surface area contributed by atoms with E-state index in [0.29, 0.717) is 22.5 Å². The molecule has 0 saturated carbocycles. The summed E-state index contributed by atoms with van der Waals surface area (Å²) in [5, 5.41) is 0. The Balaban J connectivity index is 2.66. The molecule has 6 nitrogen and oxygen atoms in total. The van der Waals surface area contributed by atoms with Gasteiger partial charge in [0, 0.05) is 25.5 Å². The number of aromatic nitrogens is 4. The Labute approximate surface area is 112 Å². The van der Waals surface area contributed by atoms with Crippen molar-refractivity contribution in [3.8, 4) is 0 Å². The number of alkyl halides is 1. The number of aryl methyl sites for hydroxylation is 2. The van der Waals surface area contributed by atoms with Crippen molar-refractivity contribution < 1.29 is 0 Å². The molecule has 2 heterocycles. The van der Waals surface area contributed by atoms with Crippen molar-refractivity contribution in [3.05, 3.63) is 27.2 Å². The Morgan fingerprint density at radius 1 is 1.33 bits per heavy atom. The molecule has 0 N–H and O–H groups in total. The smallest absolute Gasteiger partial charge is 0.325 e. The molecular formula is C11H15BrN4O2. The number of fused-ring (bicyclic) bond motifs is 1. The van der Waals surface area contributed by atoms with E-state index in [1.54, 1.807) is 17.9 Å². The summed E-state index contributed by atoms with van der Waals surface area (Å²) in [7, 11) is 3.10. The van der Waals surface area contributed by atoms with E-state index in [2.05, 4.69) is 20.9 Å². The molecule has 0 radical (unpaired) electrons. The van der Waals surface area contributed by atoms with Crippen LogP contribution < -0.4 is 11.2 Å². The van der Waals surface area contributed by atoms with Gasteiger partial charge in [0.2, 0.25) is 0 Å². The van der Waals surface area contributed by atoms with Crippen LogP contribution in [0.3, 0.4) is 0 Å². The number of hydrogen-bond acceptors (Lipinski definition) is 3. The fourth-order valence-electron chi connectivity index (χ4n) is 1.88. The number of nitrogens with zero attached hydrogens (tertiary/aromatic N) is 4. The van der Waals surface area contributed by atoms with Gasteiger partial charge in [-0.2, -0.15) is 0 Å². The topological polar surface area (TPSA) is 61.8 Å². The highest BCUT2D eigenvalue weighted by Gasteiger charge is 2.14. The van der Waals surface area contributed by atoms with Crippen molar-refractivity contribution >= 4 is 27.1 Å². The lowest BCUT2D eigenvalue weighted by atomic mass is 10.3. The second-order valence-electron chi connectivity index (χ2n) is 4.39. The molecule has 0 saturated heterocycles. The molecule has 1 atom stereocenters. The van der Waals surface area contributed by atoms with E-state index in [9.17, 15) is 9.59 Å². The fraction of sp³-hybridized carbons (Fsp3) is 0.545. The summed E-state index contributed by atoms with van der Waals surface area (Å²) in [6, 6.07) is 0. The zero-order valence-corrected chi connectivity index (χ0v) is 12.1. The average Bonchev–Trinajstić information content (AvgIpc) is 2.75. The van der Waals surface area contributed by atoms with Crippen LogP contribution in [0.4, 0.5) is 0 Å². The highest BCUT2D eigenvalue weighted by Crippen LogP contribution is 2.10. The van der Waals surface area contributed by atoms with Crippen LogP contribution in [-0.4, -0.2) is 23.5 Å². The molecule has 98 valence electrons. The van der Waals surface area contributed by atoms with Gasteiger partial charge in [-0.25, -0.2) is 9.78 Å². The number of imidazole rings is 1. The number of rotatable bonds is 3. The maximum Gasteiger partial charge on any atom is 0.332 e. The van der Waals surface area contributed by atoms with Gasteiger partial charge in [-0.1, -0.05) is 22.9 Å². The summed E-state index contributed by atoms with van der Waals surface area (Å²) in [5.41, 5.74) is 0.262. The lowest BCUT2D eigenvalue weighted by Gasteiger charge is -2.07. The monoisotopic (exact) mass is 314 g/mol. The first-order chi connectivity index (χ1) is 8.43. The van der Waals surface area contributed by atoms with E-state index >= 15 is 0 Å². The molecule has 1 unspecified atom stereocenters. The largest absolute Gasteiger partial charge is 0.332 e. The van der Waals surface area contributed by atoms with E-state index < -0.39 is 0 Å². The number of hydrogen-bond donors (Lipinski definition) is 0. The Morgan fingerprint density at radius 3 is 2.61 bits per heavy atom. The Bertz CT molecular complexity index is 695. The average molecular weight is 315 g/mol. The van der Waals surface area contributed by atoms with Gasteiger partial charge in [-0.15, -0.1) is 0 Å². The molecule has 0 aliphatic carbocycles. The van der Waals surface area contributed by atoms with Crippen LogP contribution in [0.15, 0.2) is 15.9 Å². The molecule has 0 amide bonds. The third kappa shape index (κ3) is 2.03. The summed E-state index contributed by atoms with van der Waals surface area (Å²) in [5.74, 6) is 0. The summed E-state index contributed by atoms with van der Waals surface area (Å²) in [6.07, 6.45) is 2.50. The highest BCUT2D eigenvalue weighted by molar-refractivity contribution is 9.09. The second-order valence-corrected chi connectivity index (χ2v) is 5.95. The zero-order chi connectivity index (χ0) is 13.4. The van der Waals surface area contributed by atoms with Gasteiger partial charge in [0.05, 0.1) is 6.33 Å². The van der Waals surface area contributed by atoms with E-state index in [1.807, 2.05) is 6.92 Å². The van der Waals surface area contributed by atoms with Crippen LogP contribution in [-0.2, 0) is 20.6 Å². The van der Waals surface area contributed by atoms with Crippen LogP contribution in [0.25, 0.3) is 11.2 Å². The van der Waals surface area contributed by atoms with Gasteiger partial charge in [0.25, 0.3) is 5.56 Å². The van der Waals surface area contributed by atoms with Gasteiger partial charge in [0.1, 0.15) is 0 Å². The zero-order valence-electron chi connectivity index (χ0n) is 10.6. The van der Waals surface area contributed by atoms with E-state index in [4.69, 9.17) is 0 Å². The quantitative estimate of drug-likeness (QED) is 0.780. The minimum atomic E-state index is -0.355. The molecule has 0 aliphatic heterocycles. The molecule has 0 bridgehead atoms. The maximum atomic E-state index is 12.1. The molecule has 18 heavy (non-hydrogen) atoms. The van der Waals surface area contributed by atoms with E-state index in [0.717, 1.165) is 11.0 Å². The minimum absolute atomic E-state index is 0.298. The van der Waals surface area contributed by atoms with Gasteiger partial charge >= 0.3 is 5.69 Å². The minimum Gasteiger partial charge on any atom is -0.325 e. The Kier molecular flexibility index (Phi) is 3.43. The Hall–Kier alpha value is -1.37. The normalized spacial score (nSPS) is 13.1. The lowest BCUT2D eigenvalue weighted by molar-refractivity contribution is 0.649. The van der Waals surface area contributed by atoms with Crippen LogP contribution in [0, 0.1) is 0 Å². The molecular weight excluding hydrogens is 300 g/mol. The van der Waals surface area contributed by atoms with Crippen molar-refractivity contribution in [1.29, 1.82) is 0 Å². The summed E-state index contributed by atoms with van der Waals surface area (Å²) in [4.78, 5) is 28.4. The predicted octanol–water partition coefficient (Wildman–Crippen LogP) is 0.607. The summed E-state index contributed by atoms with van der Waals surface area (Å²) < 4.78 is 4.30. The molecule has 0 aromatic carbocycles. The molecule has 0 aliphatic rings. The van der Waals surface area contributed by atoms with Crippen LogP contribution >= 0.6 is 15.9 Å². The van der Waals surface area contributed by atoms with Gasteiger partial charge in [0.15, 0.2) is 11.2 Å². The van der Waals surface area contributed by atoms with Crippen LogP contribution in [0.1, 0.15) is 13.3 Å². The van der Waals surface area contributed by atoms with E-state index in [-0.39, 0.29) is 11.2 Å². The lowest BCUT2D eigenvalue weighted by Crippen LogP contribution is -2.37. The van der Waals surface area contributed by atoms with Crippen molar-refractivity contribution in [2.24, 2.45) is 14.1 Å². The maximum absolute atomic E-state index is 12.1. The standard InChI is InChI=1S/C11H15BrN4O2/c1-7(12)4-5-16-6-13-9-8(16)10(17)15(3)11(18)14(9)2/h6-7H,4-5H2,1-3H3. The third-order valence-electron chi connectivity index (χ3n) is 2.98. The first-order valence-electron chi connectivity index (χ1n) is 5.68. The van der Waals surface area contributed by atoms with Crippen molar-refractivity contribution in [2.75, 3.05) is 0 Å². The molecule has 7 heteroatoms. The first-order valence-corrected chi connectivity index (χ1v) is 6.60. The molecule has 0 spiro atoms. The van der Waals surface area contributed by atoms with Crippen molar-refractivity contribution in [3.63, 3.8) is 0 Å². The van der Waals surface area contributed by atoms with Crippen molar-refractivity contribution in [2.45, 2.75) is 24.7 Å². The fourth-order valence-corrected chi connectivity index (χ4v) is 2.09. The van der Waals surface area contributed by atoms with Gasteiger partial charge in [-0.05, 0) is 6.42 Å². The summed E-state index contributed by atoms with van der Waals surface area (Å²) >= 11 is 3.47. The Morgan fingerprint density at radius 2 is 2.00 bits per heavy atom. The SMILES string of the molecule is CC(Br)CCn1cnc2c1c(=O)n(C)c(=O)n2C. The van der Waals surface area contributed by atoms with Crippen LogP contribution in [0.5, 0.6) is 0 Å². The summed E-state index contributed by atoms with van der Waals surface area (Å²) in [6.45, 7) is 2.74. The second kappa shape index (κ2) is 4.72. The van der Waals surface area contributed by atoms with Crippen molar-refractivity contribution in [1.82, 2.24) is 18.7 Å². The van der Waals surface area contributed by atoms with Gasteiger partial charge < -0.3 is 4.57 Å². The molecule has 2 rings (SSSR count). The van der Waals surface area contributed by atoms with Gasteiger partial charge in [-0.3, -0.25) is 13.9 Å². The van der Waals surface area contributed by atoms with Crippen LogP contribution in [0.2, 0.25) is 0 Å². The number of halogens is 1. The molecule has 2 aromatic rings. The first kappa shape index (κ1) is 13.1. The molecule has 0 fully saturated rings.